The summed E-state index contributed by atoms with van der Waals surface area (Å²) in [5.74, 6) is -0.961. The summed E-state index contributed by atoms with van der Waals surface area (Å²) >= 11 is 10.6. The fourth-order valence-electron chi connectivity index (χ4n) is 4.48. The number of carboxylic acids is 1. The van der Waals surface area contributed by atoms with Gasteiger partial charge in [0.2, 0.25) is 10.0 Å². The Kier molecular flexibility index (Phi) is 9.43. The van der Waals surface area contributed by atoms with Crippen molar-refractivity contribution in [1.82, 2.24) is 19.5 Å². The summed E-state index contributed by atoms with van der Waals surface area (Å²) < 4.78 is 35.1. The van der Waals surface area contributed by atoms with E-state index in [-0.39, 0.29) is 31.2 Å². The van der Waals surface area contributed by atoms with Gasteiger partial charge < -0.3 is 24.9 Å². The number of rotatable bonds is 9. The first-order valence-corrected chi connectivity index (χ1v) is 14.7. The predicted molar refractivity (Wildman–Crippen MR) is 154 cm³/mol. The molecule has 0 amide bonds. The number of hydrogen-bond donors (Lipinski definition) is 4. The van der Waals surface area contributed by atoms with Crippen molar-refractivity contribution in [1.29, 1.82) is 0 Å². The Bertz CT molecular complexity index is 1780. The molecule has 1 radical (unpaired) electrons. The summed E-state index contributed by atoms with van der Waals surface area (Å²) in [6.45, 7) is 2.05. The number of ether oxygens (including phenoxy) is 1. The van der Waals surface area contributed by atoms with Crippen LogP contribution in [-0.2, 0) is 16.6 Å². The van der Waals surface area contributed by atoms with Gasteiger partial charge in [-0.15, -0.1) is 0 Å². The molecule has 41 heavy (non-hydrogen) atoms. The maximum Gasteiger partial charge on any atom is 1.00 e. The van der Waals surface area contributed by atoms with E-state index in [2.05, 4.69) is 20.2 Å². The van der Waals surface area contributed by atoms with Gasteiger partial charge in [0.15, 0.2) is 16.3 Å². The Hall–Kier alpha value is -3.38. The van der Waals surface area contributed by atoms with E-state index in [0.29, 0.717) is 27.5 Å². The number of hydrogen-bond acceptors (Lipinski definition) is 9. The van der Waals surface area contributed by atoms with Crippen molar-refractivity contribution >= 4 is 51.8 Å². The molecule has 1 atom stereocenters. The molecule has 1 aromatic heterocycles. The van der Waals surface area contributed by atoms with Crippen LogP contribution in [0.25, 0.3) is 5.69 Å². The third kappa shape index (κ3) is 7.10. The average molecular weight is 604 g/mol. The minimum absolute atomic E-state index is 0. The SMILES string of the molecule is CS(=O)(=O)NC1[CH]N(c2cc(OCNc3cccc(-n4c(=S)[nH][nH]c4=S)c3)ccc2C(=O)[O-])Cc2ccccc21.[Li+]. The van der Waals surface area contributed by atoms with Crippen LogP contribution >= 0.6 is 24.4 Å². The van der Waals surface area contributed by atoms with Crippen molar-refractivity contribution in [3.8, 4) is 11.4 Å². The van der Waals surface area contributed by atoms with Crippen LogP contribution in [0.5, 0.6) is 5.75 Å². The number of fused-ring (bicyclic) bond motifs is 1. The topological polar surface area (TPSA) is 147 Å². The number of H-pyrrole nitrogens is 2. The maximum atomic E-state index is 12.0. The molecule has 15 heteroatoms. The molecular formula is C26H24LiN6O5S3. The number of aromatic nitrogens is 3. The van der Waals surface area contributed by atoms with Gasteiger partial charge in [0.05, 0.1) is 36.2 Å². The Morgan fingerprint density at radius 1 is 1.07 bits per heavy atom. The summed E-state index contributed by atoms with van der Waals surface area (Å²) in [5, 5.41) is 20.7. The number of carbonyl (C=O) groups excluding carboxylic acids is 1. The predicted octanol–water partition coefficient (Wildman–Crippen LogP) is 0.181. The summed E-state index contributed by atoms with van der Waals surface area (Å²) in [6, 6.07) is 18.6. The molecule has 11 nitrogen and oxygen atoms in total. The van der Waals surface area contributed by atoms with Gasteiger partial charge >= 0.3 is 18.9 Å². The molecule has 0 spiro atoms. The summed E-state index contributed by atoms with van der Waals surface area (Å²) in [5.41, 5.74) is 3.41. The van der Waals surface area contributed by atoms with Gasteiger partial charge in [-0.05, 0) is 65.9 Å². The van der Waals surface area contributed by atoms with Crippen molar-refractivity contribution < 1.29 is 41.9 Å². The molecule has 0 saturated carbocycles. The number of sulfonamides is 1. The van der Waals surface area contributed by atoms with E-state index < -0.39 is 22.0 Å². The third-order valence-electron chi connectivity index (χ3n) is 6.20. The van der Waals surface area contributed by atoms with E-state index in [1.54, 1.807) is 22.1 Å². The first-order chi connectivity index (χ1) is 19.1. The normalized spacial score (nSPS) is 14.6. The minimum atomic E-state index is -3.55. The van der Waals surface area contributed by atoms with Crippen molar-refractivity contribution in [2.45, 2.75) is 12.6 Å². The van der Waals surface area contributed by atoms with Crippen LogP contribution in [0, 0.1) is 16.1 Å². The fourth-order valence-corrected chi connectivity index (χ4v) is 5.69. The van der Waals surface area contributed by atoms with Gasteiger partial charge in [-0.1, -0.05) is 30.3 Å². The van der Waals surface area contributed by atoms with Gasteiger partial charge in [0.25, 0.3) is 0 Å². The summed E-state index contributed by atoms with van der Waals surface area (Å²) in [4.78, 5) is 13.7. The average Bonchev–Trinajstić information content (AvgIpc) is 3.25. The van der Waals surface area contributed by atoms with E-state index in [4.69, 9.17) is 29.2 Å². The molecule has 4 aromatic rings. The number of aromatic amines is 2. The van der Waals surface area contributed by atoms with E-state index in [0.717, 1.165) is 28.8 Å². The molecule has 0 saturated heterocycles. The van der Waals surface area contributed by atoms with Crippen LogP contribution in [0.1, 0.15) is 27.5 Å². The van der Waals surface area contributed by atoms with Crippen LogP contribution in [0.3, 0.4) is 0 Å². The van der Waals surface area contributed by atoms with Gasteiger partial charge in [-0.25, -0.2) is 13.1 Å². The molecule has 1 unspecified atom stereocenters. The largest absolute Gasteiger partial charge is 1.00 e. The zero-order valence-electron chi connectivity index (χ0n) is 22.1. The van der Waals surface area contributed by atoms with Gasteiger partial charge in [0.1, 0.15) is 5.75 Å². The number of carbonyl (C=O) groups is 1. The van der Waals surface area contributed by atoms with Crippen LogP contribution < -0.4 is 43.6 Å². The number of aromatic carboxylic acids is 1. The van der Waals surface area contributed by atoms with Crippen LogP contribution in [0.2, 0.25) is 0 Å². The Morgan fingerprint density at radius 3 is 2.51 bits per heavy atom. The standard InChI is InChI=1S/C26H25N6O5S3.Li/c1-40(35,36)30-22-14-31(13-16-5-2-3-8-20(16)22)23-12-19(9-10-21(23)24(33)34)37-15-27-17-6-4-7-18(11-17)32-25(38)28-29-26(32)39;/h2-12,14,22,27,30H,13,15H2,1H3,(H,28,38)(H,29,39)(H,33,34);/q;+1/p-1. The van der Waals surface area contributed by atoms with Crippen LogP contribution in [-0.4, -0.2) is 42.1 Å². The molecular weight excluding hydrogens is 579 g/mol. The number of carboxylic acid groups (broad SMARTS) is 1. The second kappa shape index (κ2) is 12.6. The first-order valence-electron chi connectivity index (χ1n) is 12.0. The van der Waals surface area contributed by atoms with Crippen LogP contribution in [0.4, 0.5) is 11.4 Å². The minimum Gasteiger partial charge on any atom is -0.545 e. The molecule has 3 aromatic carbocycles. The molecule has 4 N–H and O–H groups in total. The quantitative estimate of drug-likeness (QED) is 0.120. The molecule has 5 rings (SSSR count). The van der Waals surface area contributed by atoms with Gasteiger partial charge in [0, 0.05) is 23.9 Å². The van der Waals surface area contributed by atoms with Gasteiger partial charge in [-0.2, -0.15) is 0 Å². The summed E-state index contributed by atoms with van der Waals surface area (Å²) in [6.07, 6.45) is 1.08. The smallest absolute Gasteiger partial charge is 0.545 e. The van der Waals surface area contributed by atoms with Crippen LogP contribution in [0.15, 0.2) is 66.7 Å². The Labute approximate surface area is 258 Å². The molecule has 2 heterocycles. The molecule has 0 bridgehead atoms. The maximum absolute atomic E-state index is 12.0. The number of nitrogens with zero attached hydrogens (tertiary/aromatic N) is 2. The first kappa shape index (κ1) is 30.6. The van der Waals surface area contributed by atoms with Crippen molar-refractivity contribution in [2.75, 3.05) is 23.2 Å². The Morgan fingerprint density at radius 2 is 1.80 bits per heavy atom. The zero-order chi connectivity index (χ0) is 28.4. The molecule has 1 aliphatic heterocycles. The van der Waals surface area contributed by atoms with Crippen molar-refractivity contribution in [3.63, 3.8) is 0 Å². The van der Waals surface area contributed by atoms with E-state index >= 15 is 0 Å². The molecule has 1 aliphatic rings. The monoisotopic (exact) mass is 603 g/mol. The van der Waals surface area contributed by atoms with E-state index in [1.165, 1.54) is 12.1 Å². The fraction of sp³-hybridized carbons (Fsp3) is 0.154. The second-order valence-corrected chi connectivity index (χ2v) is 11.6. The zero-order valence-corrected chi connectivity index (χ0v) is 24.5. The number of anilines is 2. The van der Waals surface area contributed by atoms with E-state index in [1.807, 2.05) is 48.5 Å². The molecule has 0 aliphatic carbocycles. The summed E-state index contributed by atoms with van der Waals surface area (Å²) in [7, 11) is -3.55. The number of nitrogens with one attached hydrogen (secondary N) is 4. The second-order valence-electron chi connectivity index (χ2n) is 9.02. The third-order valence-corrected chi connectivity index (χ3v) is 7.45. The van der Waals surface area contributed by atoms with Crippen molar-refractivity contribution in [3.05, 3.63) is 99.5 Å². The van der Waals surface area contributed by atoms with Gasteiger partial charge in [-0.3, -0.25) is 14.8 Å². The van der Waals surface area contributed by atoms with Crippen molar-refractivity contribution in [2.24, 2.45) is 0 Å². The molecule has 0 fully saturated rings. The Balaban J connectivity index is 0.00000387. The van der Waals surface area contributed by atoms with E-state index in [9.17, 15) is 18.3 Å². The number of benzene rings is 3. The molecule has 207 valence electrons.